The lowest BCUT2D eigenvalue weighted by Crippen LogP contribution is -2.16. The molecule has 0 atom stereocenters. The maximum Gasteiger partial charge on any atom is 0.268 e. The Morgan fingerprint density at radius 3 is 2.97 bits per heavy atom. The Kier molecular flexibility index (Phi) is 4.64. The normalized spacial score (nSPS) is 12.2. The SMILES string of the molecule is Cc1nc(-c2cccnc2)sc1C(=O)Nc1ccnn1Cc1ccc2c(c1)OCO2. The molecule has 3 aromatic heterocycles. The van der Waals surface area contributed by atoms with E-state index < -0.39 is 0 Å². The van der Waals surface area contributed by atoms with Gasteiger partial charge in [0.2, 0.25) is 6.79 Å². The average molecular weight is 419 g/mol. The number of amides is 1. The third-order valence-corrected chi connectivity index (χ3v) is 5.84. The molecule has 1 aliphatic heterocycles. The molecule has 0 unspecified atom stereocenters. The van der Waals surface area contributed by atoms with Gasteiger partial charge in [-0.2, -0.15) is 5.10 Å². The number of benzene rings is 1. The van der Waals surface area contributed by atoms with E-state index in [0.29, 0.717) is 28.7 Å². The molecule has 0 spiro atoms. The molecule has 1 aromatic carbocycles. The number of thiazole rings is 1. The molecule has 150 valence electrons. The van der Waals surface area contributed by atoms with Crippen molar-refractivity contribution in [2.45, 2.75) is 13.5 Å². The van der Waals surface area contributed by atoms with E-state index in [1.54, 1.807) is 29.3 Å². The number of pyridine rings is 1. The van der Waals surface area contributed by atoms with Gasteiger partial charge in [-0.1, -0.05) is 6.07 Å². The zero-order valence-electron chi connectivity index (χ0n) is 16.0. The molecular formula is C21H17N5O3S. The van der Waals surface area contributed by atoms with Gasteiger partial charge in [-0.3, -0.25) is 9.78 Å². The van der Waals surface area contributed by atoms with Crippen LogP contribution in [0.4, 0.5) is 5.82 Å². The maximum atomic E-state index is 12.9. The van der Waals surface area contributed by atoms with Gasteiger partial charge in [-0.05, 0) is 36.8 Å². The van der Waals surface area contributed by atoms with Gasteiger partial charge >= 0.3 is 0 Å². The van der Waals surface area contributed by atoms with Crippen molar-refractivity contribution in [2.75, 3.05) is 12.1 Å². The molecule has 0 bridgehead atoms. The number of aryl methyl sites for hydroxylation is 1. The zero-order valence-corrected chi connectivity index (χ0v) is 16.8. The monoisotopic (exact) mass is 419 g/mol. The Hall–Kier alpha value is -3.72. The van der Waals surface area contributed by atoms with Crippen LogP contribution in [0.25, 0.3) is 10.6 Å². The number of rotatable bonds is 5. The van der Waals surface area contributed by atoms with E-state index in [4.69, 9.17) is 9.47 Å². The minimum absolute atomic E-state index is 0.215. The molecular weight excluding hydrogens is 402 g/mol. The first-order valence-corrected chi connectivity index (χ1v) is 10.1. The Balaban J connectivity index is 1.34. The summed E-state index contributed by atoms with van der Waals surface area (Å²) < 4.78 is 12.5. The molecule has 1 N–H and O–H groups in total. The lowest BCUT2D eigenvalue weighted by molar-refractivity contribution is 0.102. The van der Waals surface area contributed by atoms with Crippen LogP contribution in [0.5, 0.6) is 11.5 Å². The lowest BCUT2D eigenvalue weighted by atomic mass is 10.2. The van der Waals surface area contributed by atoms with Crippen molar-refractivity contribution >= 4 is 23.1 Å². The van der Waals surface area contributed by atoms with Crippen LogP contribution in [0, 0.1) is 6.92 Å². The van der Waals surface area contributed by atoms with Crippen LogP contribution < -0.4 is 14.8 Å². The second-order valence-electron chi connectivity index (χ2n) is 6.69. The van der Waals surface area contributed by atoms with Crippen molar-refractivity contribution in [2.24, 2.45) is 0 Å². The first kappa shape index (κ1) is 18.3. The number of carbonyl (C=O) groups is 1. The topological polar surface area (TPSA) is 91.2 Å². The third kappa shape index (κ3) is 3.50. The third-order valence-electron chi connectivity index (χ3n) is 4.64. The van der Waals surface area contributed by atoms with Crippen molar-refractivity contribution in [3.8, 4) is 22.1 Å². The second kappa shape index (κ2) is 7.60. The summed E-state index contributed by atoms with van der Waals surface area (Å²) in [4.78, 5) is 22.1. The van der Waals surface area contributed by atoms with Crippen molar-refractivity contribution in [3.63, 3.8) is 0 Å². The summed E-state index contributed by atoms with van der Waals surface area (Å²) in [7, 11) is 0. The first-order valence-electron chi connectivity index (χ1n) is 9.27. The van der Waals surface area contributed by atoms with Crippen LogP contribution in [0.2, 0.25) is 0 Å². The largest absolute Gasteiger partial charge is 0.454 e. The fourth-order valence-electron chi connectivity index (χ4n) is 3.17. The summed E-state index contributed by atoms with van der Waals surface area (Å²) in [5.41, 5.74) is 2.56. The molecule has 4 aromatic rings. The molecule has 30 heavy (non-hydrogen) atoms. The summed E-state index contributed by atoms with van der Waals surface area (Å²) in [5.74, 6) is 1.84. The predicted molar refractivity (Wildman–Crippen MR) is 112 cm³/mol. The van der Waals surface area contributed by atoms with Crippen molar-refractivity contribution in [3.05, 3.63) is 71.1 Å². The second-order valence-corrected chi connectivity index (χ2v) is 7.69. The van der Waals surface area contributed by atoms with Gasteiger partial charge in [0.1, 0.15) is 15.7 Å². The quantitative estimate of drug-likeness (QED) is 0.530. The van der Waals surface area contributed by atoms with Gasteiger partial charge in [0.05, 0.1) is 18.4 Å². The Morgan fingerprint density at radius 1 is 1.20 bits per heavy atom. The smallest absolute Gasteiger partial charge is 0.268 e. The van der Waals surface area contributed by atoms with E-state index in [2.05, 4.69) is 20.4 Å². The molecule has 8 nitrogen and oxygen atoms in total. The fraction of sp³-hybridized carbons (Fsp3) is 0.143. The Labute approximate surface area is 176 Å². The van der Waals surface area contributed by atoms with E-state index in [1.807, 2.05) is 37.3 Å². The highest BCUT2D eigenvalue weighted by Gasteiger charge is 2.19. The number of carbonyl (C=O) groups excluding carboxylic acids is 1. The summed E-state index contributed by atoms with van der Waals surface area (Å²) in [6, 6.07) is 11.3. The number of nitrogens with zero attached hydrogens (tertiary/aromatic N) is 4. The van der Waals surface area contributed by atoms with E-state index in [1.165, 1.54) is 11.3 Å². The standard InChI is InChI=1S/C21H17N5O3S/c1-13-19(30-21(24-13)15-3-2-7-22-10-15)20(27)25-18-6-8-23-26(18)11-14-4-5-16-17(9-14)29-12-28-16/h2-10H,11-12H2,1H3,(H,25,27). The van der Waals surface area contributed by atoms with Crippen LogP contribution in [-0.4, -0.2) is 32.4 Å². The molecule has 5 rings (SSSR count). The highest BCUT2D eigenvalue weighted by atomic mass is 32.1. The van der Waals surface area contributed by atoms with E-state index >= 15 is 0 Å². The summed E-state index contributed by atoms with van der Waals surface area (Å²) >= 11 is 1.34. The lowest BCUT2D eigenvalue weighted by Gasteiger charge is -2.09. The molecule has 0 saturated heterocycles. The molecule has 0 aliphatic carbocycles. The van der Waals surface area contributed by atoms with Gasteiger partial charge in [-0.25, -0.2) is 9.67 Å². The number of aromatic nitrogens is 4. The summed E-state index contributed by atoms with van der Waals surface area (Å²) in [5, 5.41) is 8.05. The molecule has 1 aliphatic rings. The minimum atomic E-state index is -0.215. The number of fused-ring (bicyclic) bond motifs is 1. The molecule has 0 saturated carbocycles. The molecule has 9 heteroatoms. The van der Waals surface area contributed by atoms with Crippen molar-refractivity contribution < 1.29 is 14.3 Å². The van der Waals surface area contributed by atoms with E-state index in [-0.39, 0.29) is 12.7 Å². The van der Waals surface area contributed by atoms with Gasteiger partial charge in [0, 0.05) is 24.0 Å². The number of anilines is 1. The predicted octanol–water partition coefficient (Wildman–Crippen LogP) is 3.74. The molecule has 0 radical (unpaired) electrons. The molecule has 4 heterocycles. The summed E-state index contributed by atoms with van der Waals surface area (Å²) in [6.07, 6.45) is 5.10. The van der Waals surface area contributed by atoms with Crippen LogP contribution in [0.15, 0.2) is 55.0 Å². The zero-order chi connectivity index (χ0) is 20.5. The van der Waals surface area contributed by atoms with Crippen LogP contribution in [0.1, 0.15) is 20.9 Å². The van der Waals surface area contributed by atoms with Crippen LogP contribution in [0.3, 0.4) is 0 Å². The Bertz CT molecular complexity index is 1220. The van der Waals surface area contributed by atoms with Gasteiger partial charge < -0.3 is 14.8 Å². The fourth-order valence-corrected chi connectivity index (χ4v) is 4.12. The highest BCUT2D eigenvalue weighted by molar-refractivity contribution is 7.17. The van der Waals surface area contributed by atoms with Crippen molar-refractivity contribution in [1.82, 2.24) is 19.7 Å². The van der Waals surface area contributed by atoms with Gasteiger partial charge in [0.25, 0.3) is 5.91 Å². The number of hydrogen-bond donors (Lipinski definition) is 1. The maximum absolute atomic E-state index is 12.9. The van der Waals surface area contributed by atoms with Crippen LogP contribution >= 0.6 is 11.3 Å². The van der Waals surface area contributed by atoms with E-state index in [9.17, 15) is 4.79 Å². The van der Waals surface area contributed by atoms with Gasteiger partial charge in [0.15, 0.2) is 11.5 Å². The highest BCUT2D eigenvalue weighted by Crippen LogP contribution is 2.33. The average Bonchev–Trinajstić information content (AvgIpc) is 3.49. The Morgan fingerprint density at radius 2 is 2.10 bits per heavy atom. The van der Waals surface area contributed by atoms with Gasteiger partial charge in [-0.15, -0.1) is 11.3 Å². The first-order chi connectivity index (χ1) is 14.7. The van der Waals surface area contributed by atoms with Crippen LogP contribution in [-0.2, 0) is 6.54 Å². The van der Waals surface area contributed by atoms with E-state index in [0.717, 1.165) is 21.9 Å². The summed E-state index contributed by atoms with van der Waals surface area (Å²) in [6.45, 7) is 2.55. The number of hydrogen-bond acceptors (Lipinski definition) is 7. The number of nitrogens with one attached hydrogen (secondary N) is 1. The molecule has 1 amide bonds. The minimum Gasteiger partial charge on any atom is -0.454 e. The van der Waals surface area contributed by atoms with Crippen molar-refractivity contribution in [1.29, 1.82) is 0 Å². The molecule has 0 fully saturated rings. The number of ether oxygens (including phenoxy) is 2.